The molecule has 124 valence electrons. The van der Waals surface area contributed by atoms with Crippen LogP contribution in [-0.4, -0.2) is 26.7 Å². The van der Waals surface area contributed by atoms with Crippen molar-refractivity contribution in [3.05, 3.63) is 65.2 Å². The Morgan fingerprint density at radius 1 is 1.17 bits per heavy atom. The number of rotatable bonds is 6. The second kappa shape index (κ2) is 7.21. The average molecular weight is 323 g/mol. The third-order valence-corrected chi connectivity index (χ3v) is 4.30. The summed E-state index contributed by atoms with van der Waals surface area (Å²) in [5.74, 6) is 1.74. The van der Waals surface area contributed by atoms with Crippen LogP contribution in [0, 0.1) is 0 Å². The second-order valence-corrected chi connectivity index (χ2v) is 5.80. The number of carbonyl (C=O) groups is 1. The van der Waals surface area contributed by atoms with Crippen molar-refractivity contribution in [1.82, 2.24) is 5.32 Å². The third-order valence-electron chi connectivity index (χ3n) is 4.30. The monoisotopic (exact) mass is 323 g/mol. The van der Waals surface area contributed by atoms with Gasteiger partial charge >= 0.3 is 0 Å². The van der Waals surface area contributed by atoms with E-state index >= 15 is 0 Å². The van der Waals surface area contributed by atoms with E-state index < -0.39 is 0 Å². The van der Waals surface area contributed by atoms with Crippen LogP contribution in [0.2, 0.25) is 0 Å². The molecule has 4 heteroatoms. The molecule has 0 spiro atoms. The van der Waals surface area contributed by atoms with Crippen LogP contribution >= 0.6 is 0 Å². The lowest BCUT2D eigenvalue weighted by molar-refractivity contribution is -0.116. The van der Waals surface area contributed by atoms with Crippen molar-refractivity contribution >= 4 is 12.0 Å². The first-order chi connectivity index (χ1) is 11.7. The van der Waals surface area contributed by atoms with Crippen molar-refractivity contribution in [3.63, 3.8) is 0 Å². The van der Waals surface area contributed by atoms with E-state index in [0.29, 0.717) is 12.5 Å². The van der Waals surface area contributed by atoms with E-state index in [-0.39, 0.29) is 5.91 Å². The van der Waals surface area contributed by atoms with Gasteiger partial charge in [-0.3, -0.25) is 4.79 Å². The van der Waals surface area contributed by atoms with Crippen LogP contribution in [-0.2, 0) is 11.2 Å². The van der Waals surface area contributed by atoms with Crippen LogP contribution in [0.15, 0.2) is 48.5 Å². The number of ether oxygens (including phenoxy) is 2. The van der Waals surface area contributed by atoms with Crippen LogP contribution in [0.5, 0.6) is 11.5 Å². The quantitative estimate of drug-likeness (QED) is 0.831. The van der Waals surface area contributed by atoms with Crippen molar-refractivity contribution in [2.75, 3.05) is 20.8 Å². The molecule has 1 atom stereocenters. The largest absolute Gasteiger partial charge is 0.493 e. The molecule has 24 heavy (non-hydrogen) atoms. The van der Waals surface area contributed by atoms with Gasteiger partial charge in [0.25, 0.3) is 0 Å². The highest BCUT2D eigenvalue weighted by Gasteiger charge is 2.28. The zero-order valence-corrected chi connectivity index (χ0v) is 13.9. The Kier molecular flexibility index (Phi) is 4.85. The minimum absolute atomic E-state index is 0.0761. The van der Waals surface area contributed by atoms with Crippen LogP contribution in [0.1, 0.15) is 22.6 Å². The smallest absolute Gasteiger partial charge is 0.244 e. The normalized spacial score (nSPS) is 15.5. The van der Waals surface area contributed by atoms with Crippen LogP contribution in [0.25, 0.3) is 6.08 Å². The van der Waals surface area contributed by atoms with Crippen molar-refractivity contribution in [2.24, 2.45) is 0 Å². The number of nitrogens with one attached hydrogen (secondary N) is 1. The fraction of sp³-hybridized carbons (Fsp3) is 0.250. The maximum atomic E-state index is 12.0. The Balaban J connectivity index is 1.57. The summed E-state index contributed by atoms with van der Waals surface area (Å²) in [7, 11) is 3.27. The maximum absolute atomic E-state index is 12.0. The summed E-state index contributed by atoms with van der Waals surface area (Å²) in [4.78, 5) is 12.0. The Morgan fingerprint density at radius 3 is 2.58 bits per heavy atom. The van der Waals surface area contributed by atoms with E-state index in [1.165, 1.54) is 11.1 Å². The summed E-state index contributed by atoms with van der Waals surface area (Å²) in [6, 6.07) is 13.8. The molecule has 0 unspecified atom stereocenters. The number of methoxy groups -OCH3 is 2. The van der Waals surface area contributed by atoms with Gasteiger partial charge in [0.15, 0.2) is 11.5 Å². The Morgan fingerprint density at radius 2 is 1.88 bits per heavy atom. The van der Waals surface area contributed by atoms with Gasteiger partial charge in [-0.2, -0.15) is 0 Å². The van der Waals surface area contributed by atoms with Gasteiger partial charge in [0.1, 0.15) is 0 Å². The minimum Gasteiger partial charge on any atom is -0.493 e. The molecule has 0 bridgehead atoms. The van der Waals surface area contributed by atoms with Gasteiger partial charge in [-0.05, 0) is 41.3 Å². The fourth-order valence-electron chi connectivity index (χ4n) is 2.94. The molecule has 0 fully saturated rings. The Labute approximate surface area is 142 Å². The van der Waals surface area contributed by atoms with Gasteiger partial charge < -0.3 is 14.8 Å². The molecule has 3 rings (SSSR count). The molecule has 1 aliphatic carbocycles. The number of fused-ring (bicyclic) bond motifs is 1. The van der Waals surface area contributed by atoms with Gasteiger partial charge in [-0.1, -0.05) is 30.3 Å². The van der Waals surface area contributed by atoms with E-state index in [1.807, 2.05) is 48.5 Å². The van der Waals surface area contributed by atoms with Gasteiger partial charge in [0.05, 0.1) is 14.2 Å². The summed E-state index contributed by atoms with van der Waals surface area (Å²) in [6.45, 7) is 0.625. The van der Waals surface area contributed by atoms with Crippen LogP contribution in [0.3, 0.4) is 0 Å². The van der Waals surface area contributed by atoms with Crippen molar-refractivity contribution in [1.29, 1.82) is 0 Å². The molecule has 2 aromatic carbocycles. The number of benzene rings is 2. The molecule has 2 aromatic rings. The summed E-state index contributed by atoms with van der Waals surface area (Å²) < 4.78 is 10.7. The number of carbonyl (C=O) groups excluding carboxylic acids is 1. The summed E-state index contributed by atoms with van der Waals surface area (Å²) in [5, 5.41) is 2.96. The molecule has 1 aliphatic rings. The van der Waals surface area contributed by atoms with Gasteiger partial charge in [-0.25, -0.2) is 0 Å². The van der Waals surface area contributed by atoms with Crippen molar-refractivity contribution in [2.45, 2.75) is 12.3 Å². The third kappa shape index (κ3) is 3.43. The fourth-order valence-corrected chi connectivity index (χ4v) is 2.94. The molecule has 1 N–H and O–H groups in total. The second-order valence-electron chi connectivity index (χ2n) is 5.80. The topological polar surface area (TPSA) is 47.6 Å². The predicted octanol–water partition coefficient (Wildman–Crippen LogP) is 3.17. The van der Waals surface area contributed by atoms with Gasteiger partial charge in [0, 0.05) is 18.5 Å². The van der Waals surface area contributed by atoms with Gasteiger partial charge in [-0.15, -0.1) is 0 Å². The molecule has 0 aromatic heterocycles. The van der Waals surface area contributed by atoms with E-state index in [4.69, 9.17) is 9.47 Å². The van der Waals surface area contributed by atoms with E-state index in [2.05, 4.69) is 5.32 Å². The molecular formula is C20H21NO3. The number of amides is 1. The molecule has 0 aliphatic heterocycles. The maximum Gasteiger partial charge on any atom is 0.244 e. The predicted molar refractivity (Wildman–Crippen MR) is 94.5 cm³/mol. The summed E-state index contributed by atoms with van der Waals surface area (Å²) in [6.07, 6.45) is 4.33. The molecule has 0 saturated carbocycles. The first-order valence-corrected chi connectivity index (χ1v) is 7.97. The molecule has 0 heterocycles. The average Bonchev–Trinajstić information content (AvgIpc) is 2.61. The first-order valence-electron chi connectivity index (χ1n) is 7.97. The zero-order valence-electron chi connectivity index (χ0n) is 13.9. The lowest BCUT2D eigenvalue weighted by Gasteiger charge is -2.31. The van der Waals surface area contributed by atoms with E-state index in [0.717, 1.165) is 23.5 Å². The minimum atomic E-state index is -0.0761. The van der Waals surface area contributed by atoms with Crippen LogP contribution in [0.4, 0.5) is 0 Å². The highest BCUT2D eigenvalue weighted by atomic mass is 16.5. The zero-order chi connectivity index (χ0) is 16.9. The number of hydrogen-bond acceptors (Lipinski definition) is 3. The number of hydrogen-bond donors (Lipinski definition) is 1. The molecule has 4 nitrogen and oxygen atoms in total. The highest BCUT2D eigenvalue weighted by molar-refractivity contribution is 5.91. The lowest BCUT2D eigenvalue weighted by Crippen LogP contribution is -2.32. The van der Waals surface area contributed by atoms with Crippen molar-refractivity contribution in [3.8, 4) is 11.5 Å². The van der Waals surface area contributed by atoms with Crippen molar-refractivity contribution < 1.29 is 14.3 Å². The van der Waals surface area contributed by atoms with E-state index in [9.17, 15) is 4.79 Å². The van der Waals surface area contributed by atoms with E-state index in [1.54, 1.807) is 20.3 Å². The summed E-state index contributed by atoms with van der Waals surface area (Å²) >= 11 is 0. The molecule has 0 radical (unpaired) electrons. The molecular weight excluding hydrogens is 302 g/mol. The highest BCUT2D eigenvalue weighted by Crippen LogP contribution is 2.41. The van der Waals surface area contributed by atoms with Gasteiger partial charge in [0.2, 0.25) is 5.91 Å². The SMILES string of the molecule is COc1cc2c(cc1OC)[C@@H](CNC(=O)/C=C/c1ccccc1)C2. The standard InChI is InChI=1S/C20H21NO3/c1-23-18-11-15-10-16(17(15)12-19(18)24-2)13-21-20(22)9-8-14-6-4-3-5-7-14/h3-9,11-12,16H,10,13H2,1-2H3,(H,21,22)/b9-8+/t16-/m1/s1. The first kappa shape index (κ1) is 16.1. The summed E-state index contributed by atoms with van der Waals surface area (Å²) in [5.41, 5.74) is 3.49. The Hall–Kier alpha value is -2.75. The van der Waals surface area contributed by atoms with Crippen LogP contribution < -0.4 is 14.8 Å². The molecule has 0 saturated heterocycles. The molecule has 1 amide bonds. The Bertz CT molecular complexity index is 753. The lowest BCUT2D eigenvalue weighted by atomic mass is 9.77.